The fourth-order valence-corrected chi connectivity index (χ4v) is 3.42. The van der Waals surface area contributed by atoms with E-state index in [1.165, 1.54) is 0 Å². The molecule has 0 saturated heterocycles. The van der Waals surface area contributed by atoms with Gasteiger partial charge >= 0.3 is 0 Å². The fraction of sp³-hybridized carbons (Fsp3) is 0.769. The van der Waals surface area contributed by atoms with E-state index in [0.29, 0.717) is 6.61 Å². The molecule has 19 heavy (non-hydrogen) atoms. The maximum Gasteiger partial charge on any atom is 0.184 e. The molecule has 3 atom stereocenters. The third-order valence-corrected chi connectivity index (χ3v) is 4.47. The molecule has 0 spiro atoms. The first kappa shape index (κ1) is 16.6. The highest BCUT2D eigenvalue weighted by Gasteiger charge is 2.32. The number of ether oxygens (including phenoxy) is 1. The van der Waals surface area contributed by atoms with Gasteiger partial charge in [-0.3, -0.25) is 0 Å². The minimum absolute atomic E-state index is 0.104. The summed E-state index contributed by atoms with van der Waals surface area (Å²) in [4.78, 5) is 0. The van der Waals surface area contributed by atoms with Crippen molar-refractivity contribution >= 4 is 16.6 Å². The molecule has 0 aliphatic carbocycles. The highest BCUT2D eigenvalue weighted by Crippen LogP contribution is 2.21. The minimum Gasteiger partial charge on any atom is -0.415 e. The monoisotopic (exact) mass is 299 g/mol. The van der Waals surface area contributed by atoms with Gasteiger partial charge in [0.15, 0.2) is 22.7 Å². The zero-order valence-corrected chi connectivity index (χ0v) is 14.8. The van der Waals surface area contributed by atoms with Crippen molar-refractivity contribution in [2.45, 2.75) is 57.6 Å². The quantitative estimate of drug-likeness (QED) is 0.578. The van der Waals surface area contributed by atoms with Crippen LogP contribution in [0.1, 0.15) is 0 Å². The second-order valence-electron chi connectivity index (χ2n) is 6.73. The van der Waals surface area contributed by atoms with E-state index in [1.807, 2.05) is 6.08 Å². The molecule has 0 aromatic heterocycles. The van der Waals surface area contributed by atoms with Crippen molar-refractivity contribution in [2.75, 3.05) is 6.61 Å². The second-order valence-corrected chi connectivity index (χ2v) is 15.7. The first-order valence-electron chi connectivity index (χ1n) is 6.66. The van der Waals surface area contributed by atoms with Crippen LogP contribution >= 0.6 is 0 Å². The zero-order chi connectivity index (χ0) is 14.7. The van der Waals surface area contributed by atoms with Gasteiger partial charge in [-0.05, 0) is 45.4 Å². The van der Waals surface area contributed by atoms with Crippen molar-refractivity contribution in [3.63, 3.8) is 0 Å². The Hall–Kier alpha value is -0.456. The smallest absolute Gasteiger partial charge is 0.184 e. The molecule has 0 aromatic rings. The molecule has 0 N–H and O–H groups in total. The maximum absolute atomic E-state index is 8.97. The molecule has 6 heteroatoms. The molecule has 4 nitrogen and oxygen atoms in total. The SMILES string of the molecule is C[Si](C)(C)OC[C@H]1O[C@H](C#N)C=C[C@@H]1O[Si](C)(C)C. The average Bonchev–Trinajstić information content (AvgIpc) is 2.24. The van der Waals surface area contributed by atoms with Gasteiger partial charge in [-0.15, -0.1) is 0 Å². The van der Waals surface area contributed by atoms with Crippen LogP contribution in [0.5, 0.6) is 0 Å². The summed E-state index contributed by atoms with van der Waals surface area (Å²) < 4.78 is 17.8. The van der Waals surface area contributed by atoms with Crippen molar-refractivity contribution in [1.29, 1.82) is 5.26 Å². The summed E-state index contributed by atoms with van der Waals surface area (Å²) in [5, 5.41) is 8.97. The summed E-state index contributed by atoms with van der Waals surface area (Å²) in [6, 6.07) is 2.12. The standard InChI is InChI=1S/C13H25NO3Si2/c1-18(2,3)15-10-13-12(17-19(4,5)6)8-7-11(9-14)16-13/h7-8,11-13H,10H2,1-6H3/t11-,12-,13+/m0/s1. The molecular formula is C13H25NO3Si2. The van der Waals surface area contributed by atoms with E-state index >= 15 is 0 Å². The molecule has 108 valence electrons. The highest BCUT2D eigenvalue weighted by atomic mass is 28.4. The lowest BCUT2D eigenvalue weighted by Gasteiger charge is -2.35. The van der Waals surface area contributed by atoms with Crippen LogP contribution in [0.3, 0.4) is 0 Å². The summed E-state index contributed by atoms with van der Waals surface area (Å²) in [5.41, 5.74) is 0. The van der Waals surface area contributed by atoms with Crippen LogP contribution in [-0.4, -0.2) is 41.6 Å². The van der Waals surface area contributed by atoms with Gasteiger partial charge in [-0.2, -0.15) is 5.26 Å². The van der Waals surface area contributed by atoms with Gasteiger partial charge in [0.25, 0.3) is 0 Å². The third-order valence-electron chi connectivity index (χ3n) is 2.46. The molecule has 1 heterocycles. The lowest BCUT2D eigenvalue weighted by atomic mass is 10.1. The Morgan fingerprint density at radius 1 is 1.11 bits per heavy atom. The number of hydrogen-bond acceptors (Lipinski definition) is 4. The van der Waals surface area contributed by atoms with Gasteiger partial charge in [0.2, 0.25) is 0 Å². The Morgan fingerprint density at radius 2 is 1.74 bits per heavy atom. The topological polar surface area (TPSA) is 51.5 Å². The van der Waals surface area contributed by atoms with Crippen molar-refractivity contribution < 1.29 is 13.6 Å². The largest absolute Gasteiger partial charge is 0.415 e. The van der Waals surface area contributed by atoms with E-state index < -0.39 is 22.7 Å². The van der Waals surface area contributed by atoms with Gasteiger partial charge in [0, 0.05) is 0 Å². The minimum atomic E-state index is -1.65. The Labute approximate surface area is 118 Å². The van der Waals surface area contributed by atoms with E-state index in [1.54, 1.807) is 6.08 Å². The van der Waals surface area contributed by atoms with E-state index in [0.717, 1.165) is 0 Å². The number of rotatable bonds is 5. The Bertz CT molecular complexity index is 366. The molecule has 1 aliphatic heterocycles. The van der Waals surface area contributed by atoms with Crippen LogP contribution in [0.4, 0.5) is 0 Å². The molecule has 0 unspecified atom stereocenters. The van der Waals surface area contributed by atoms with Gasteiger partial charge in [0.1, 0.15) is 6.10 Å². The van der Waals surface area contributed by atoms with Gasteiger partial charge < -0.3 is 13.6 Å². The van der Waals surface area contributed by atoms with Crippen LogP contribution < -0.4 is 0 Å². The summed E-state index contributed by atoms with van der Waals surface area (Å²) in [6.45, 7) is 13.4. The predicted octanol–water partition coefficient (Wildman–Crippen LogP) is 2.91. The summed E-state index contributed by atoms with van der Waals surface area (Å²) in [7, 11) is -3.24. The Kier molecular flexibility index (Phi) is 5.53. The number of nitrogens with zero attached hydrogens (tertiary/aromatic N) is 1. The van der Waals surface area contributed by atoms with E-state index in [2.05, 4.69) is 45.4 Å². The molecule has 0 aromatic carbocycles. The molecule has 1 aliphatic rings. The normalized spacial score (nSPS) is 28.2. The first-order valence-corrected chi connectivity index (χ1v) is 13.5. The summed E-state index contributed by atoms with van der Waals surface area (Å²) >= 11 is 0. The second kappa shape index (κ2) is 6.33. The Morgan fingerprint density at radius 3 is 2.21 bits per heavy atom. The first-order chi connectivity index (χ1) is 8.61. The summed E-state index contributed by atoms with van der Waals surface area (Å²) in [6.07, 6.45) is 2.95. The van der Waals surface area contributed by atoms with Crippen molar-refractivity contribution in [3.8, 4) is 6.07 Å². The number of nitriles is 1. The van der Waals surface area contributed by atoms with Gasteiger partial charge in [0.05, 0.1) is 18.8 Å². The fourth-order valence-electron chi connectivity index (χ4n) is 1.71. The summed E-state index contributed by atoms with van der Waals surface area (Å²) in [5.74, 6) is 0. The van der Waals surface area contributed by atoms with Crippen LogP contribution in [0.2, 0.25) is 39.3 Å². The Balaban J connectivity index is 2.71. The molecule has 0 bridgehead atoms. The van der Waals surface area contributed by atoms with Crippen LogP contribution in [-0.2, 0) is 13.6 Å². The number of hydrogen-bond donors (Lipinski definition) is 0. The third kappa shape index (κ3) is 6.50. The lowest BCUT2D eigenvalue weighted by Crippen LogP contribution is -2.46. The molecular weight excluding hydrogens is 274 g/mol. The molecule has 0 saturated carbocycles. The lowest BCUT2D eigenvalue weighted by molar-refractivity contribution is -0.0540. The van der Waals surface area contributed by atoms with Crippen molar-refractivity contribution in [1.82, 2.24) is 0 Å². The molecule has 0 amide bonds. The predicted molar refractivity (Wildman–Crippen MR) is 80.9 cm³/mol. The molecule has 1 rings (SSSR count). The zero-order valence-electron chi connectivity index (χ0n) is 12.8. The van der Waals surface area contributed by atoms with Crippen LogP contribution in [0, 0.1) is 11.3 Å². The molecule has 0 fully saturated rings. The highest BCUT2D eigenvalue weighted by molar-refractivity contribution is 6.70. The van der Waals surface area contributed by atoms with Crippen LogP contribution in [0.25, 0.3) is 0 Å². The van der Waals surface area contributed by atoms with Gasteiger partial charge in [-0.25, -0.2) is 0 Å². The van der Waals surface area contributed by atoms with Crippen molar-refractivity contribution in [2.24, 2.45) is 0 Å². The average molecular weight is 300 g/mol. The van der Waals surface area contributed by atoms with E-state index in [4.69, 9.17) is 18.9 Å². The van der Waals surface area contributed by atoms with Gasteiger partial charge in [-0.1, -0.05) is 6.08 Å². The van der Waals surface area contributed by atoms with E-state index in [-0.39, 0.29) is 12.2 Å². The van der Waals surface area contributed by atoms with Crippen LogP contribution in [0.15, 0.2) is 12.2 Å². The molecule has 0 radical (unpaired) electrons. The maximum atomic E-state index is 8.97. The van der Waals surface area contributed by atoms with E-state index in [9.17, 15) is 0 Å². The van der Waals surface area contributed by atoms with Crippen molar-refractivity contribution in [3.05, 3.63) is 12.2 Å².